The van der Waals surface area contributed by atoms with Gasteiger partial charge in [-0.3, -0.25) is 14.7 Å². The Hall–Kier alpha value is -2.98. The lowest BCUT2D eigenvalue weighted by Gasteiger charge is -2.26. The number of hydrogen-bond acceptors (Lipinski definition) is 3. The van der Waals surface area contributed by atoms with Crippen LogP contribution in [0.3, 0.4) is 0 Å². The molecule has 1 N–H and O–H groups in total. The molecule has 0 unspecified atom stereocenters. The molecule has 29 heavy (non-hydrogen) atoms. The van der Waals surface area contributed by atoms with Gasteiger partial charge >= 0.3 is 0 Å². The van der Waals surface area contributed by atoms with Crippen LogP contribution in [0, 0.1) is 0 Å². The number of fused-ring (bicyclic) bond motifs is 1. The summed E-state index contributed by atoms with van der Waals surface area (Å²) in [5.41, 5.74) is 4.30. The molecule has 4 nitrogen and oxygen atoms in total. The molecule has 1 aliphatic rings. The van der Waals surface area contributed by atoms with E-state index < -0.39 is 0 Å². The fourth-order valence-electron chi connectivity index (χ4n) is 3.81. The normalized spacial score (nSPS) is 15.0. The maximum Gasteiger partial charge on any atom is 0.244 e. The van der Waals surface area contributed by atoms with Crippen molar-refractivity contribution in [3.63, 3.8) is 0 Å². The summed E-state index contributed by atoms with van der Waals surface area (Å²) in [5, 5.41) is 4.03. The molecular formula is C25H27N3O. The number of pyridine rings is 1. The smallest absolute Gasteiger partial charge is 0.244 e. The zero-order chi connectivity index (χ0) is 19.9. The summed E-state index contributed by atoms with van der Waals surface area (Å²) in [7, 11) is 0. The number of carbonyl (C=O) groups excluding carboxylic acids is 1. The van der Waals surface area contributed by atoms with E-state index in [1.807, 2.05) is 36.4 Å². The van der Waals surface area contributed by atoms with E-state index in [1.54, 1.807) is 12.3 Å². The average molecular weight is 386 g/mol. The quantitative estimate of drug-likeness (QED) is 0.633. The van der Waals surface area contributed by atoms with E-state index in [-0.39, 0.29) is 5.91 Å². The van der Waals surface area contributed by atoms with Crippen molar-refractivity contribution in [2.45, 2.75) is 32.4 Å². The lowest BCUT2D eigenvalue weighted by molar-refractivity contribution is -0.116. The molecule has 2 heterocycles. The number of hydrogen-bond donors (Lipinski definition) is 1. The molecule has 2 aromatic carbocycles. The van der Waals surface area contributed by atoms with E-state index in [1.165, 1.54) is 37.9 Å². The van der Waals surface area contributed by atoms with Crippen LogP contribution < -0.4 is 5.32 Å². The van der Waals surface area contributed by atoms with Crippen LogP contribution in [-0.2, 0) is 17.9 Å². The van der Waals surface area contributed by atoms with Crippen LogP contribution in [0.4, 0.5) is 0 Å². The third-order valence-electron chi connectivity index (χ3n) is 5.42. The Morgan fingerprint density at radius 2 is 1.72 bits per heavy atom. The standard InChI is InChI=1S/C25H27N3O/c29-24(14-13-23-7-4-6-22-8-5-15-26-25(22)23)27-18-20-9-11-21(12-10-20)19-28-16-2-1-3-17-28/h4-15H,1-3,16-19H2,(H,27,29)/b14-13+. The van der Waals surface area contributed by atoms with Gasteiger partial charge in [-0.1, -0.05) is 55.0 Å². The monoisotopic (exact) mass is 385 g/mol. The van der Waals surface area contributed by atoms with Gasteiger partial charge in [0.15, 0.2) is 0 Å². The van der Waals surface area contributed by atoms with E-state index in [0.29, 0.717) is 6.54 Å². The number of piperidine rings is 1. The van der Waals surface area contributed by atoms with Gasteiger partial charge in [-0.25, -0.2) is 0 Å². The van der Waals surface area contributed by atoms with E-state index in [0.717, 1.165) is 28.6 Å². The first-order valence-corrected chi connectivity index (χ1v) is 10.4. The van der Waals surface area contributed by atoms with E-state index >= 15 is 0 Å². The van der Waals surface area contributed by atoms with Crippen LogP contribution in [0.5, 0.6) is 0 Å². The lowest BCUT2D eigenvalue weighted by atomic mass is 10.1. The van der Waals surface area contributed by atoms with Crippen molar-refractivity contribution in [1.82, 2.24) is 15.2 Å². The van der Waals surface area contributed by atoms with Crippen LogP contribution in [0.2, 0.25) is 0 Å². The second-order valence-corrected chi connectivity index (χ2v) is 7.63. The van der Waals surface area contributed by atoms with Gasteiger partial charge in [0, 0.05) is 36.3 Å². The third-order valence-corrected chi connectivity index (χ3v) is 5.42. The largest absolute Gasteiger partial charge is 0.348 e. The highest BCUT2D eigenvalue weighted by Crippen LogP contribution is 2.17. The van der Waals surface area contributed by atoms with Gasteiger partial charge in [0.05, 0.1) is 5.52 Å². The number of para-hydroxylation sites is 1. The first-order valence-electron chi connectivity index (χ1n) is 10.4. The minimum Gasteiger partial charge on any atom is -0.348 e. The average Bonchev–Trinajstić information content (AvgIpc) is 2.78. The molecule has 1 amide bonds. The van der Waals surface area contributed by atoms with Crippen molar-refractivity contribution in [1.29, 1.82) is 0 Å². The molecule has 0 saturated carbocycles. The Labute approximate surface area is 172 Å². The number of carbonyl (C=O) groups is 1. The maximum atomic E-state index is 12.2. The molecule has 1 aliphatic heterocycles. The third kappa shape index (κ3) is 5.30. The number of likely N-dealkylation sites (tertiary alicyclic amines) is 1. The van der Waals surface area contributed by atoms with Crippen molar-refractivity contribution in [2.75, 3.05) is 13.1 Å². The molecule has 0 atom stereocenters. The molecule has 148 valence electrons. The predicted octanol–water partition coefficient (Wildman–Crippen LogP) is 4.55. The van der Waals surface area contributed by atoms with Crippen molar-refractivity contribution >= 4 is 22.9 Å². The Morgan fingerprint density at radius 3 is 2.55 bits per heavy atom. The highest BCUT2D eigenvalue weighted by molar-refractivity contribution is 5.95. The number of nitrogens with zero attached hydrogens (tertiary/aromatic N) is 2. The van der Waals surface area contributed by atoms with Crippen LogP contribution in [0.15, 0.2) is 66.9 Å². The van der Waals surface area contributed by atoms with Crippen molar-refractivity contribution < 1.29 is 4.79 Å². The molecule has 1 aromatic heterocycles. The summed E-state index contributed by atoms with van der Waals surface area (Å²) in [4.78, 5) is 19.2. The van der Waals surface area contributed by atoms with Crippen molar-refractivity contribution in [2.24, 2.45) is 0 Å². The summed E-state index contributed by atoms with van der Waals surface area (Å²) >= 11 is 0. The number of rotatable bonds is 6. The van der Waals surface area contributed by atoms with Crippen molar-refractivity contribution in [3.8, 4) is 0 Å². The minimum absolute atomic E-state index is 0.102. The van der Waals surface area contributed by atoms with Gasteiger partial charge in [0.1, 0.15) is 0 Å². The maximum absolute atomic E-state index is 12.2. The van der Waals surface area contributed by atoms with E-state index in [4.69, 9.17) is 0 Å². The Bertz CT molecular complexity index is 983. The topological polar surface area (TPSA) is 45.2 Å². The Morgan fingerprint density at radius 1 is 0.966 bits per heavy atom. The van der Waals surface area contributed by atoms with Gasteiger partial charge in [-0.15, -0.1) is 0 Å². The molecule has 4 rings (SSSR count). The second-order valence-electron chi connectivity index (χ2n) is 7.63. The summed E-state index contributed by atoms with van der Waals surface area (Å²) in [6, 6.07) is 18.5. The van der Waals surface area contributed by atoms with E-state index in [9.17, 15) is 4.79 Å². The van der Waals surface area contributed by atoms with Crippen LogP contribution in [0.1, 0.15) is 36.0 Å². The molecule has 0 aliphatic carbocycles. The van der Waals surface area contributed by atoms with Crippen LogP contribution >= 0.6 is 0 Å². The molecule has 0 spiro atoms. The number of nitrogens with one attached hydrogen (secondary N) is 1. The van der Waals surface area contributed by atoms with Crippen LogP contribution in [0.25, 0.3) is 17.0 Å². The van der Waals surface area contributed by atoms with Gasteiger partial charge in [0.25, 0.3) is 0 Å². The fourth-order valence-corrected chi connectivity index (χ4v) is 3.81. The summed E-state index contributed by atoms with van der Waals surface area (Å²) in [5.74, 6) is -0.102. The van der Waals surface area contributed by atoms with Gasteiger partial charge in [-0.2, -0.15) is 0 Å². The molecular weight excluding hydrogens is 358 g/mol. The lowest BCUT2D eigenvalue weighted by Crippen LogP contribution is -2.29. The number of amides is 1. The summed E-state index contributed by atoms with van der Waals surface area (Å²) in [6.45, 7) is 3.96. The predicted molar refractivity (Wildman–Crippen MR) is 118 cm³/mol. The minimum atomic E-state index is -0.102. The van der Waals surface area contributed by atoms with E-state index in [2.05, 4.69) is 39.5 Å². The molecule has 3 aromatic rings. The second kappa shape index (κ2) is 9.48. The van der Waals surface area contributed by atoms with Gasteiger partial charge in [-0.05, 0) is 49.2 Å². The Balaban J connectivity index is 1.30. The molecule has 1 saturated heterocycles. The highest BCUT2D eigenvalue weighted by Gasteiger charge is 2.10. The molecule has 1 fully saturated rings. The Kier molecular flexibility index (Phi) is 6.32. The van der Waals surface area contributed by atoms with Gasteiger partial charge in [0.2, 0.25) is 5.91 Å². The number of benzene rings is 2. The molecule has 0 radical (unpaired) electrons. The molecule has 4 heteroatoms. The molecule has 0 bridgehead atoms. The number of aromatic nitrogens is 1. The summed E-state index contributed by atoms with van der Waals surface area (Å²) < 4.78 is 0. The fraction of sp³-hybridized carbons (Fsp3) is 0.280. The first-order chi connectivity index (χ1) is 14.3. The summed E-state index contributed by atoms with van der Waals surface area (Å²) in [6.07, 6.45) is 9.16. The van der Waals surface area contributed by atoms with Crippen LogP contribution in [-0.4, -0.2) is 28.9 Å². The highest BCUT2D eigenvalue weighted by atomic mass is 16.1. The SMILES string of the molecule is O=C(/C=C/c1cccc2cccnc12)NCc1ccc(CN2CCCCC2)cc1. The van der Waals surface area contributed by atoms with Gasteiger partial charge < -0.3 is 5.32 Å². The van der Waals surface area contributed by atoms with Crippen molar-refractivity contribution in [3.05, 3.63) is 83.6 Å². The zero-order valence-electron chi connectivity index (χ0n) is 16.7. The first kappa shape index (κ1) is 19.3. The zero-order valence-corrected chi connectivity index (χ0v) is 16.7.